The third-order valence-electron chi connectivity index (χ3n) is 2.40. The summed E-state index contributed by atoms with van der Waals surface area (Å²) in [6, 6.07) is 7.73. The van der Waals surface area contributed by atoms with Crippen LogP contribution in [0.3, 0.4) is 0 Å². The second-order valence-corrected chi connectivity index (χ2v) is 7.20. The van der Waals surface area contributed by atoms with Crippen molar-refractivity contribution < 1.29 is 8.42 Å². The summed E-state index contributed by atoms with van der Waals surface area (Å²) >= 11 is 0. The fourth-order valence-corrected chi connectivity index (χ4v) is 2.80. The van der Waals surface area contributed by atoms with Crippen LogP contribution in [0.2, 0.25) is 0 Å². The van der Waals surface area contributed by atoms with Crippen molar-refractivity contribution in [2.45, 2.75) is 26.3 Å². The maximum atomic E-state index is 11.2. The molecule has 0 saturated heterocycles. The molecule has 21 heavy (non-hydrogen) atoms. The molecule has 1 aromatic rings. The van der Waals surface area contributed by atoms with Crippen LogP contribution in [-0.4, -0.2) is 32.7 Å². The van der Waals surface area contributed by atoms with Gasteiger partial charge in [0.15, 0.2) is 5.96 Å². The Balaban J connectivity index is 0.00000400. The molecule has 0 aromatic heterocycles. The molecule has 1 aromatic carbocycles. The minimum Gasteiger partial charge on any atom is -0.370 e. The maximum Gasteiger partial charge on any atom is 0.209 e. The van der Waals surface area contributed by atoms with Crippen LogP contribution in [0.15, 0.2) is 29.3 Å². The summed E-state index contributed by atoms with van der Waals surface area (Å²) in [7, 11) is -3.27. The molecule has 8 heteroatoms. The monoisotopic (exact) mass is 426 g/mol. The molecule has 6 nitrogen and oxygen atoms in total. The molecule has 0 saturated carbocycles. The number of hydrogen-bond donors (Lipinski definition) is 3. The molecule has 120 valence electrons. The van der Waals surface area contributed by atoms with Crippen molar-refractivity contribution in [1.82, 2.24) is 4.72 Å². The lowest BCUT2D eigenvalue weighted by molar-refractivity contribution is 0.466. The fourth-order valence-electron chi connectivity index (χ4n) is 1.73. The minimum absolute atomic E-state index is 0. The van der Waals surface area contributed by atoms with E-state index in [4.69, 9.17) is 5.73 Å². The van der Waals surface area contributed by atoms with Gasteiger partial charge in [-0.05, 0) is 38.5 Å². The molecular weight excluding hydrogens is 403 g/mol. The number of aliphatic imine (C=N–C) groups is 1. The van der Waals surface area contributed by atoms with Crippen LogP contribution in [0.4, 0.5) is 5.69 Å². The number of nitrogens with one attached hydrogen (secondary N) is 2. The molecule has 0 atom stereocenters. The van der Waals surface area contributed by atoms with Crippen molar-refractivity contribution in [3.8, 4) is 0 Å². The van der Waals surface area contributed by atoms with Crippen molar-refractivity contribution in [2.24, 2.45) is 10.7 Å². The Morgan fingerprint density at radius 2 is 2.00 bits per heavy atom. The Morgan fingerprint density at radius 1 is 1.38 bits per heavy atom. The number of nitrogens with two attached hydrogens (primary N) is 1. The Kier molecular flexibility index (Phi) is 7.62. The first-order chi connectivity index (χ1) is 9.07. The topological polar surface area (TPSA) is 96.6 Å². The maximum absolute atomic E-state index is 11.2. The zero-order valence-corrected chi connectivity index (χ0v) is 15.8. The first-order valence-corrected chi connectivity index (χ1v) is 8.09. The highest BCUT2D eigenvalue weighted by Crippen LogP contribution is 2.09. The van der Waals surface area contributed by atoms with Gasteiger partial charge >= 0.3 is 0 Å². The lowest BCUT2D eigenvalue weighted by Crippen LogP contribution is -2.45. The van der Waals surface area contributed by atoms with Gasteiger partial charge in [0.05, 0.1) is 12.8 Å². The summed E-state index contributed by atoms with van der Waals surface area (Å²) in [5, 5.41) is 2.97. The zero-order valence-electron chi connectivity index (χ0n) is 12.7. The van der Waals surface area contributed by atoms with E-state index in [1.165, 1.54) is 0 Å². The SMILES string of the molecule is Cc1cccc(NC(N)=NCC(C)(C)NS(C)(=O)=O)c1.I. The quantitative estimate of drug-likeness (QED) is 0.379. The van der Waals surface area contributed by atoms with Gasteiger partial charge in [0.2, 0.25) is 10.0 Å². The molecule has 0 aliphatic rings. The molecule has 0 spiro atoms. The molecular formula is C13H23IN4O2S. The number of guanidine groups is 1. The van der Waals surface area contributed by atoms with Crippen LogP contribution in [0.5, 0.6) is 0 Å². The molecule has 4 N–H and O–H groups in total. The first-order valence-electron chi connectivity index (χ1n) is 6.20. The molecule has 0 aliphatic carbocycles. The van der Waals surface area contributed by atoms with Crippen LogP contribution in [0, 0.1) is 6.92 Å². The lowest BCUT2D eigenvalue weighted by Gasteiger charge is -2.22. The third-order valence-corrected chi connectivity index (χ3v) is 3.32. The largest absolute Gasteiger partial charge is 0.370 e. The minimum atomic E-state index is -3.27. The normalized spacial score (nSPS) is 12.7. The molecule has 1 rings (SSSR count). The number of halogens is 1. The van der Waals surface area contributed by atoms with Crippen LogP contribution in [0.1, 0.15) is 19.4 Å². The van der Waals surface area contributed by atoms with Gasteiger partial charge in [-0.2, -0.15) is 0 Å². The summed E-state index contributed by atoms with van der Waals surface area (Å²) in [6.45, 7) is 5.72. The van der Waals surface area contributed by atoms with E-state index in [0.717, 1.165) is 17.5 Å². The number of sulfonamides is 1. The fraction of sp³-hybridized carbons (Fsp3) is 0.462. The van der Waals surface area contributed by atoms with Crippen molar-refractivity contribution in [3.63, 3.8) is 0 Å². The van der Waals surface area contributed by atoms with Crippen LogP contribution in [-0.2, 0) is 10.0 Å². The van der Waals surface area contributed by atoms with E-state index in [1.807, 2.05) is 31.2 Å². The number of benzene rings is 1. The summed E-state index contributed by atoms with van der Waals surface area (Å²) < 4.78 is 24.9. The van der Waals surface area contributed by atoms with Gasteiger partial charge < -0.3 is 11.1 Å². The van der Waals surface area contributed by atoms with E-state index < -0.39 is 15.6 Å². The molecule has 0 radical (unpaired) electrons. The molecule has 0 bridgehead atoms. The zero-order chi connectivity index (χ0) is 15.4. The predicted molar refractivity (Wildman–Crippen MR) is 98.8 cm³/mol. The Labute approximate surface area is 143 Å². The van der Waals surface area contributed by atoms with Crippen molar-refractivity contribution in [3.05, 3.63) is 29.8 Å². The molecule has 0 heterocycles. The van der Waals surface area contributed by atoms with E-state index in [9.17, 15) is 8.42 Å². The van der Waals surface area contributed by atoms with E-state index in [0.29, 0.717) is 0 Å². The second-order valence-electron chi connectivity index (χ2n) is 5.45. The highest BCUT2D eigenvalue weighted by atomic mass is 127. The standard InChI is InChI=1S/C13H22N4O2S.HI/c1-10-6-5-7-11(8-10)16-12(14)15-9-13(2,3)17-20(4,18)19;/h5-8,17H,9H2,1-4H3,(H3,14,15,16);1H. The van der Waals surface area contributed by atoms with Gasteiger partial charge in [-0.15, -0.1) is 24.0 Å². The summed E-state index contributed by atoms with van der Waals surface area (Å²) in [5.41, 5.74) is 7.06. The summed E-state index contributed by atoms with van der Waals surface area (Å²) in [5.74, 6) is 0.249. The first kappa shape index (κ1) is 20.1. The summed E-state index contributed by atoms with van der Waals surface area (Å²) in [6.07, 6.45) is 1.12. The Hall–Kier alpha value is -0.870. The van der Waals surface area contributed by atoms with Crippen molar-refractivity contribution >= 4 is 45.6 Å². The molecule has 0 unspecified atom stereocenters. The van der Waals surface area contributed by atoms with E-state index in [1.54, 1.807) is 13.8 Å². The van der Waals surface area contributed by atoms with Gasteiger partial charge in [0.25, 0.3) is 0 Å². The van der Waals surface area contributed by atoms with Gasteiger partial charge in [-0.25, -0.2) is 13.1 Å². The summed E-state index contributed by atoms with van der Waals surface area (Å²) in [4.78, 5) is 4.16. The lowest BCUT2D eigenvalue weighted by atomic mass is 10.1. The predicted octanol–water partition coefficient (Wildman–Crippen LogP) is 1.67. The smallest absolute Gasteiger partial charge is 0.209 e. The number of aryl methyl sites for hydroxylation is 1. The molecule has 0 amide bonds. The molecule has 0 fully saturated rings. The number of nitrogens with zero attached hydrogens (tertiary/aromatic N) is 1. The number of rotatable bonds is 5. The van der Waals surface area contributed by atoms with Gasteiger partial charge in [-0.3, -0.25) is 4.99 Å². The molecule has 0 aliphatic heterocycles. The van der Waals surface area contributed by atoms with E-state index in [-0.39, 0.29) is 36.5 Å². The highest BCUT2D eigenvalue weighted by molar-refractivity contribution is 14.0. The average Bonchev–Trinajstić information content (AvgIpc) is 2.23. The van der Waals surface area contributed by atoms with Crippen LogP contribution >= 0.6 is 24.0 Å². The second kappa shape index (κ2) is 7.95. The van der Waals surface area contributed by atoms with Crippen molar-refractivity contribution in [1.29, 1.82) is 0 Å². The number of anilines is 1. The van der Waals surface area contributed by atoms with Crippen LogP contribution < -0.4 is 15.8 Å². The van der Waals surface area contributed by atoms with Gasteiger partial charge in [0.1, 0.15) is 0 Å². The van der Waals surface area contributed by atoms with Gasteiger partial charge in [0, 0.05) is 11.2 Å². The van der Waals surface area contributed by atoms with Crippen LogP contribution in [0.25, 0.3) is 0 Å². The Bertz CT molecular complexity index is 600. The van der Waals surface area contributed by atoms with Crippen molar-refractivity contribution in [2.75, 3.05) is 18.1 Å². The number of hydrogen-bond acceptors (Lipinski definition) is 3. The van der Waals surface area contributed by atoms with E-state index in [2.05, 4.69) is 15.0 Å². The van der Waals surface area contributed by atoms with Gasteiger partial charge in [-0.1, -0.05) is 12.1 Å². The van der Waals surface area contributed by atoms with E-state index >= 15 is 0 Å². The highest BCUT2D eigenvalue weighted by Gasteiger charge is 2.21. The third kappa shape index (κ3) is 8.89. The Morgan fingerprint density at radius 3 is 2.52 bits per heavy atom. The average molecular weight is 426 g/mol.